The number of urea groups is 1. The van der Waals surface area contributed by atoms with Crippen molar-refractivity contribution in [1.29, 1.82) is 0 Å². The van der Waals surface area contributed by atoms with Gasteiger partial charge in [-0.1, -0.05) is 31.2 Å². The molecule has 1 heterocycles. The third-order valence-electron chi connectivity index (χ3n) is 5.36. The van der Waals surface area contributed by atoms with Gasteiger partial charge in [-0.05, 0) is 30.7 Å². The van der Waals surface area contributed by atoms with Crippen LogP contribution in [-0.4, -0.2) is 75.1 Å². The lowest BCUT2D eigenvalue weighted by Crippen LogP contribution is -2.55. The third-order valence-corrected chi connectivity index (χ3v) is 7.14. The molecule has 3 rings (SSSR count). The number of ether oxygens (including phenoxy) is 1. The van der Waals surface area contributed by atoms with Crippen LogP contribution in [0.15, 0.2) is 57.8 Å². The number of oxazole rings is 1. The standard InChI is InChI=1S/C24H28N4O7S/c1-5-15(21(29)23-26-16-10-6-7-11-18(16)35-23)25-22(30)17(27-24(31)28(2)3)14-36(32,33)20-13-9-8-12-19(20)34-4/h6-13,15,17H,5,14H2,1-4H3,(H,25,30)(H,27,31). The van der Waals surface area contributed by atoms with Crippen LogP contribution in [0, 0.1) is 0 Å². The summed E-state index contributed by atoms with van der Waals surface area (Å²) in [6.07, 6.45) is 0.177. The number of amides is 3. The van der Waals surface area contributed by atoms with E-state index in [4.69, 9.17) is 9.15 Å². The van der Waals surface area contributed by atoms with Crippen molar-refractivity contribution < 1.29 is 32.0 Å². The van der Waals surface area contributed by atoms with Crippen molar-refractivity contribution in [1.82, 2.24) is 20.5 Å². The van der Waals surface area contributed by atoms with Crippen molar-refractivity contribution in [2.24, 2.45) is 0 Å². The molecule has 3 aromatic rings. The number of Topliss-reactive ketones (excluding diaryl/α,β-unsaturated/α-hetero) is 1. The Balaban J connectivity index is 1.86. The first kappa shape index (κ1) is 26.7. The number of nitrogens with zero attached hydrogens (tertiary/aromatic N) is 2. The lowest BCUT2D eigenvalue weighted by Gasteiger charge is -2.23. The minimum absolute atomic E-state index is 0.105. The zero-order valence-corrected chi connectivity index (χ0v) is 21.2. The largest absolute Gasteiger partial charge is 0.495 e. The quantitative estimate of drug-likeness (QED) is 0.389. The number of carbonyl (C=O) groups is 3. The highest BCUT2D eigenvalue weighted by Gasteiger charge is 2.33. The van der Waals surface area contributed by atoms with Gasteiger partial charge in [0.25, 0.3) is 5.89 Å². The average molecular weight is 517 g/mol. The van der Waals surface area contributed by atoms with Gasteiger partial charge in [-0.25, -0.2) is 18.2 Å². The summed E-state index contributed by atoms with van der Waals surface area (Å²) in [6, 6.07) is 9.56. The minimum Gasteiger partial charge on any atom is -0.495 e. The number of fused-ring (bicyclic) bond motifs is 1. The Morgan fingerprint density at radius 2 is 1.69 bits per heavy atom. The molecule has 0 saturated heterocycles. The number of ketones is 1. The molecule has 11 nitrogen and oxygen atoms in total. The fraction of sp³-hybridized carbons (Fsp3) is 0.333. The second-order valence-electron chi connectivity index (χ2n) is 8.15. The zero-order valence-electron chi connectivity index (χ0n) is 20.3. The van der Waals surface area contributed by atoms with E-state index in [1.807, 2.05) is 0 Å². The number of benzene rings is 2. The summed E-state index contributed by atoms with van der Waals surface area (Å²) in [5.41, 5.74) is 0.905. The van der Waals surface area contributed by atoms with E-state index < -0.39 is 45.4 Å². The molecule has 0 bridgehead atoms. The van der Waals surface area contributed by atoms with E-state index in [2.05, 4.69) is 15.6 Å². The third kappa shape index (κ3) is 6.00. The van der Waals surface area contributed by atoms with Crippen LogP contribution >= 0.6 is 0 Å². The van der Waals surface area contributed by atoms with Crippen LogP contribution < -0.4 is 15.4 Å². The summed E-state index contributed by atoms with van der Waals surface area (Å²) >= 11 is 0. The second kappa shape index (κ2) is 11.2. The van der Waals surface area contributed by atoms with Crippen molar-refractivity contribution in [2.45, 2.75) is 30.3 Å². The molecular formula is C24H28N4O7S. The zero-order chi connectivity index (χ0) is 26.5. The fourth-order valence-electron chi connectivity index (χ4n) is 3.40. The molecule has 192 valence electrons. The number of carbonyl (C=O) groups excluding carboxylic acids is 3. The maximum atomic E-state index is 13.2. The number of methoxy groups -OCH3 is 1. The highest BCUT2D eigenvalue weighted by atomic mass is 32.2. The van der Waals surface area contributed by atoms with Crippen molar-refractivity contribution in [2.75, 3.05) is 27.0 Å². The van der Waals surface area contributed by atoms with Gasteiger partial charge in [0.1, 0.15) is 22.2 Å². The van der Waals surface area contributed by atoms with Crippen molar-refractivity contribution in [3.8, 4) is 5.75 Å². The van der Waals surface area contributed by atoms with Crippen LogP contribution in [0.1, 0.15) is 24.0 Å². The molecule has 2 unspecified atom stereocenters. The summed E-state index contributed by atoms with van der Waals surface area (Å²) in [4.78, 5) is 43.8. The molecule has 0 saturated carbocycles. The molecule has 0 aliphatic heterocycles. The van der Waals surface area contributed by atoms with Crippen molar-refractivity contribution in [3.63, 3.8) is 0 Å². The number of sulfone groups is 1. The van der Waals surface area contributed by atoms with Crippen LogP contribution in [0.3, 0.4) is 0 Å². The van der Waals surface area contributed by atoms with Gasteiger partial charge in [0, 0.05) is 14.1 Å². The first-order chi connectivity index (χ1) is 17.1. The van der Waals surface area contributed by atoms with Gasteiger partial charge in [-0.3, -0.25) is 9.59 Å². The van der Waals surface area contributed by atoms with Gasteiger partial charge >= 0.3 is 6.03 Å². The first-order valence-corrected chi connectivity index (χ1v) is 12.8. The maximum absolute atomic E-state index is 13.2. The van der Waals surface area contributed by atoms with E-state index in [9.17, 15) is 22.8 Å². The molecular weight excluding hydrogens is 488 g/mol. The summed E-state index contributed by atoms with van der Waals surface area (Å²) in [5.74, 6) is -2.26. The molecule has 0 radical (unpaired) electrons. The highest BCUT2D eigenvalue weighted by molar-refractivity contribution is 7.91. The molecule has 0 aliphatic rings. The lowest BCUT2D eigenvalue weighted by molar-refractivity contribution is -0.123. The summed E-state index contributed by atoms with van der Waals surface area (Å²) < 4.78 is 37.0. The van der Waals surface area contributed by atoms with E-state index in [-0.39, 0.29) is 23.0 Å². The van der Waals surface area contributed by atoms with Gasteiger partial charge in [0.15, 0.2) is 15.4 Å². The Morgan fingerprint density at radius 1 is 1.03 bits per heavy atom. The lowest BCUT2D eigenvalue weighted by atomic mass is 10.1. The average Bonchev–Trinajstić information content (AvgIpc) is 3.30. The molecule has 1 aromatic heterocycles. The number of hydrogen-bond donors (Lipinski definition) is 2. The molecule has 0 aliphatic carbocycles. The normalized spacial score (nSPS) is 13.0. The van der Waals surface area contributed by atoms with E-state index in [1.54, 1.807) is 37.3 Å². The number of rotatable bonds is 10. The summed E-state index contributed by atoms with van der Waals surface area (Å²) in [7, 11) is 0.142. The number of nitrogens with one attached hydrogen (secondary N) is 2. The van der Waals surface area contributed by atoms with Gasteiger partial charge < -0.3 is 24.7 Å². The predicted octanol–water partition coefficient (Wildman–Crippen LogP) is 2.03. The van der Waals surface area contributed by atoms with Crippen LogP contribution in [0.2, 0.25) is 0 Å². The molecule has 0 spiro atoms. The molecule has 12 heteroatoms. The molecule has 2 aromatic carbocycles. The second-order valence-corrected chi connectivity index (χ2v) is 10.2. The predicted molar refractivity (Wildman–Crippen MR) is 132 cm³/mol. The van der Waals surface area contributed by atoms with Crippen molar-refractivity contribution >= 4 is 38.7 Å². The monoisotopic (exact) mass is 516 g/mol. The summed E-state index contributed by atoms with van der Waals surface area (Å²) in [5, 5.41) is 4.95. The Hall–Kier alpha value is -3.93. The topological polar surface area (TPSA) is 148 Å². The van der Waals surface area contributed by atoms with E-state index in [0.717, 1.165) is 4.90 Å². The van der Waals surface area contributed by atoms with Gasteiger partial charge in [0.2, 0.25) is 11.7 Å². The SMILES string of the molecule is CCC(NC(=O)C(CS(=O)(=O)c1ccccc1OC)NC(=O)N(C)C)C(=O)c1nc2ccccc2o1. The van der Waals surface area contributed by atoms with Gasteiger partial charge in [0.05, 0.1) is 18.9 Å². The van der Waals surface area contributed by atoms with Crippen LogP contribution in [0.4, 0.5) is 4.79 Å². The minimum atomic E-state index is -4.09. The van der Waals surface area contributed by atoms with E-state index in [1.165, 1.54) is 39.4 Å². The number of para-hydroxylation sites is 3. The molecule has 3 amide bonds. The van der Waals surface area contributed by atoms with Gasteiger partial charge in [-0.15, -0.1) is 0 Å². The number of hydrogen-bond acceptors (Lipinski definition) is 8. The van der Waals surface area contributed by atoms with Crippen LogP contribution in [0.5, 0.6) is 5.75 Å². The van der Waals surface area contributed by atoms with E-state index in [0.29, 0.717) is 11.1 Å². The smallest absolute Gasteiger partial charge is 0.317 e. The fourth-order valence-corrected chi connectivity index (χ4v) is 4.99. The maximum Gasteiger partial charge on any atom is 0.317 e. The highest BCUT2D eigenvalue weighted by Crippen LogP contribution is 2.24. The molecule has 0 fully saturated rings. The van der Waals surface area contributed by atoms with Crippen LogP contribution in [0.25, 0.3) is 11.1 Å². The molecule has 2 atom stereocenters. The molecule has 2 N–H and O–H groups in total. The Kier molecular flexibility index (Phi) is 8.30. The Bertz CT molecular complexity index is 1330. The Morgan fingerprint density at radius 3 is 2.33 bits per heavy atom. The first-order valence-electron chi connectivity index (χ1n) is 11.1. The molecule has 36 heavy (non-hydrogen) atoms. The van der Waals surface area contributed by atoms with Crippen molar-refractivity contribution in [3.05, 3.63) is 54.4 Å². The summed E-state index contributed by atoms with van der Waals surface area (Å²) in [6.45, 7) is 1.67. The van der Waals surface area contributed by atoms with Crippen LogP contribution in [-0.2, 0) is 14.6 Å². The Labute approximate surface area is 208 Å². The number of aromatic nitrogens is 1. The van der Waals surface area contributed by atoms with E-state index >= 15 is 0 Å². The van der Waals surface area contributed by atoms with Gasteiger partial charge in [-0.2, -0.15) is 0 Å².